The predicted molar refractivity (Wildman–Crippen MR) is 69.4 cm³/mol. The molecule has 0 saturated carbocycles. The van der Waals surface area contributed by atoms with Gasteiger partial charge in [-0.1, -0.05) is 45.5 Å². The summed E-state index contributed by atoms with van der Waals surface area (Å²) in [6, 6.07) is 8.18. The highest BCUT2D eigenvalue weighted by Crippen LogP contribution is 2.33. The molecule has 0 aliphatic carbocycles. The highest BCUT2D eigenvalue weighted by atomic mass is 79.9. The van der Waals surface area contributed by atoms with Gasteiger partial charge in [-0.25, -0.2) is 4.98 Å². The fraction of sp³-hybridized carbons (Fsp3) is 0.182. The summed E-state index contributed by atoms with van der Waals surface area (Å²) in [5.74, 6) is 0. The summed E-state index contributed by atoms with van der Waals surface area (Å²) in [6.45, 7) is 2.97. The second-order valence-electron chi connectivity index (χ2n) is 3.04. The largest absolute Gasteiger partial charge is 0.362 e. The molecule has 0 amide bonds. The maximum Gasteiger partial charge on any atom is 0.183 e. The van der Waals surface area contributed by atoms with Gasteiger partial charge in [0, 0.05) is 22.8 Å². The van der Waals surface area contributed by atoms with Crippen LogP contribution in [0.15, 0.2) is 34.9 Å². The van der Waals surface area contributed by atoms with Gasteiger partial charge in [0.25, 0.3) is 0 Å². The molecule has 15 heavy (non-hydrogen) atoms. The van der Waals surface area contributed by atoms with Crippen LogP contribution in [0.5, 0.6) is 0 Å². The number of anilines is 1. The molecule has 0 saturated heterocycles. The van der Waals surface area contributed by atoms with E-state index in [1.54, 1.807) is 11.3 Å². The maximum atomic E-state index is 4.31. The average Bonchev–Trinajstić information content (AvgIpc) is 2.68. The van der Waals surface area contributed by atoms with Crippen LogP contribution < -0.4 is 5.32 Å². The zero-order chi connectivity index (χ0) is 10.7. The Labute approximate surface area is 101 Å². The highest BCUT2D eigenvalue weighted by Gasteiger charge is 2.06. The smallest absolute Gasteiger partial charge is 0.183 e. The molecule has 1 heterocycles. The topological polar surface area (TPSA) is 24.9 Å². The summed E-state index contributed by atoms with van der Waals surface area (Å²) < 4.78 is 1.11. The van der Waals surface area contributed by atoms with E-state index in [9.17, 15) is 0 Å². The normalized spacial score (nSPS) is 10.3. The SMILES string of the molecule is CCNc1ncc(-c2ccccc2Br)s1. The summed E-state index contributed by atoms with van der Waals surface area (Å²) in [5, 5.41) is 4.18. The van der Waals surface area contributed by atoms with Crippen LogP contribution in [0.4, 0.5) is 5.13 Å². The van der Waals surface area contributed by atoms with Crippen LogP contribution in [0.3, 0.4) is 0 Å². The second kappa shape index (κ2) is 4.77. The Hall–Kier alpha value is -0.870. The summed E-state index contributed by atoms with van der Waals surface area (Å²) in [6.07, 6.45) is 1.91. The van der Waals surface area contributed by atoms with Crippen molar-refractivity contribution in [3.05, 3.63) is 34.9 Å². The van der Waals surface area contributed by atoms with Crippen molar-refractivity contribution in [3.63, 3.8) is 0 Å². The standard InChI is InChI=1S/C11H11BrN2S/c1-2-13-11-14-7-10(15-11)8-5-3-4-6-9(8)12/h3-7H,2H2,1H3,(H,13,14). The van der Waals surface area contributed by atoms with Crippen LogP contribution in [-0.4, -0.2) is 11.5 Å². The molecule has 0 spiro atoms. The molecule has 0 radical (unpaired) electrons. The van der Waals surface area contributed by atoms with Crippen molar-refractivity contribution < 1.29 is 0 Å². The minimum Gasteiger partial charge on any atom is -0.362 e. The minimum absolute atomic E-state index is 0.906. The quantitative estimate of drug-likeness (QED) is 0.920. The molecule has 0 aliphatic rings. The molecule has 2 nitrogen and oxygen atoms in total. The lowest BCUT2D eigenvalue weighted by molar-refractivity contribution is 1.19. The Kier molecular flexibility index (Phi) is 3.38. The molecule has 2 aromatic rings. The first kappa shape index (κ1) is 10.6. The number of halogens is 1. The molecule has 0 unspecified atom stereocenters. The van der Waals surface area contributed by atoms with Crippen LogP contribution in [0.1, 0.15) is 6.92 Å². The van der Waals surface area contributed by atoms with E-state index in [1.165, 1.54) is 10.4 Å². The fourth-order valence-electron chi connectivity index (χ4n) is 1.29. The van der Waals surface area contributed by atoms with Crippen molar-refractivity contribution in [2.24, 2.45) is 0 Å². The van der Waals surface area contributed by atoms with Gasteiger partial charge in [-0.2, -0.15) is 0 Å². The van der Waals surface area contributed by atoms with Gasteiger partial charge < -0.3 is 5.32 Å². The summed E-state index contributed by atoms with van der Waals surface area (Å²) >= 11 is 5.21. The second-order valence-corrected chi connectivity index (χ2v) is 4.92. The molecule has 0 aliphatic heterocycles. The number of hydrogen-bond donors (Lipinski definition) is 1. The summed E-state index contributed by atoms with van der Waals surface area (Å²) in [7, 11) is 0. The van der Waals surface area contributed by atoms with Gasteiger partial charge >= 0.3 is 0 Å². The van der Waals surface area contributed by atoms with Gasteiger partial charge in [-0.3, -0.25) is 0 Å². The highest BCUT2D eigenvalue weighted by molar-refractivity contribution is 9.10. The van der Waals surface area contributed by atoms with Crippen molar-refractivity contribution in [2.75, 3.05) is 11.9 Å². The average molecular weight is 283 g/mol. The molecule has 1 N–H and O–H groups in total. The number of hydrogen-bond acceptors (Lipinski definition) is 3. The summed E-state index contributed by atoms with van der Waals surface area (Å²) in [5.41, 5.74) is 1.19. The third-order valence-electron chi connectivity index (χ3n) is 1.97. The van der Waals surface area contributed by atoms with Crippen molar-refractivity contribution in [1.29, 1.82) is 0 Å². The third-order valence-corrected chi connectivity index (χ3v) is 3.65. The third kappa shape index (κ3) is 2.38. The van der Waals surface area contributed by atoms with Gasteiger partial charge in [0.1, 0.15) is 0 Å². The van der Waals surface area contributed by atoms with E-state index in [4.69, 9.17) is 0 Å². The molecule has 0 atom stereocenters. The number of nitrogens with one attached hydrogen (secondary N) is 1. The Bertz CT molecular complexity index is 453. The van der Waals surface area contributed by atoms with Gasteiger partial charge in [0.15, 0.2) is 5.13 Å². The first-order valence-corrected chi connectivity index (χ1v) is 6.37. The molecule has 1 aromatic carbocycles. The lowest BCUT2D eigenvalue weighted by Crippen LogP contribution is -1.94. The molecule has 0 bridgehead atoms. The maximum absolute atomic E-state index is 4.31. The van der Waals surface area contributed by atoms with E-state index in [0.29, 0.717) is 0 Å². The molecule has 1 aromatic heterocycles. The molecule has 4 heteroatoms. The predicted octanol–water partition coefficient (Wildman–Crippen LogP) is 4.00. The van der Waals surface area contributed by atoms with E-state index < -0.39 is 0 Å². The number of rotatable bonds is 3. The first-order chi connectivity index (χ1) is 7.31. The monoisotopic (exact) mass is 282 g/mol. The van der Waals surface area contributed by atoms with Crippen molar-refractivity contribution in [3.8, 4) is 10.4 Å². The van der Waals surface area contributed by atoms with E-state index in [2.05, 4.69) is 39.2 Å². The van der Waals surface area contributed by atoms with Crippen molar-refractivity contribution in [2.45, 2.75) is 6.92 Å². The van der Waals surface area contributed by atoms with Crippen molar-refractivity contribution >= 4 is 32.4 Å². The molecular formula is C11H11BrN2S. The lowest BCUT2D eigenvalue weighted by atomic mass is 10.2. The van der Waals surface area contributed by atoms with Crippen molar-refractivity contribution in [1.82, 2.24) is 4.98 Å². The van der Waals surface area contributed by atoms with E-state index >= 15 is 0 Å². The molecule has 2 rings (SSSR count). The van der Waals surface area contributed by atoms with Gasteiger partial charge in [0.2, 0.25) is 0 Å². The minimum atomic E-state index is 0.906. The Morgan fingerprint density at radius 3 is 2.93 bits per heavy atom. The zero-order valence-electron chi connectivity index (χ0n) is 8.33. The van der Waals surface area contributed by atoms with Crippen LogP contribution >= 0.6 is 27.3 Å². The molecule has 78 valence electrons. The van der Waals surface area contributed by atoms with Gasteiger partial charge in [-0.05, 0) is 13.0 Å². The Balaban J connectivity index is 2.33. The fourth-order valence-corrected chi connectivity index (χ4v) is 2.85. The van der Waals surface area contributed by atoms with Crippen LogP contribution in [-0.2, 0) is 0 Å². The zero-order valence-corrected chi connectivity index (χ0v) is 10.7. The van der Waals surface area contributed by atoms with E-state index in [1.807, 2.05) is 24.4 Å². The Morgan fingerprint density at radius 1 is 1.40 bits per heavy atom. The van der Waals surface area contributed by atoms with Gasteiger partial charge in [-0.15, -0.1) is 0 Å². The lowest BCUT2D eigenvalue weighted by Gasteiger charge is -1.99. The van der Waals surface area contributed by atoms with Crippen LogP contribution in [0.25, 0.3) is 10.4 Å². The number of nitrogens with zero attached hydrogens (tertiary/aromatic N) is 1. The van der Waals surface area contributed by atoms with Crippen LogP contribution in [0.2, 0.25) is 0 Å². The number of benzene rings is 1. The number of thiazole rings is 1. The molecular weight excluding hydrogens is 272 g/mol. The van der Waals surface area contributed by atoms with Crippen LogP contribution in [0, 0.1) is 0 Å². The van der Waals surface area contributed by atoms with E-state index in [0.717, 1.165) is 16.1 Å². The molecule has 0 fully saturated rings. The first-order valence-electron chi connectivity index (χ1n) is 4.76. The van der Waals surface area contributed by atoms with Gasteiger partial charge in [0.05, 0.1) is 4.88 Å². The number of aromatic nitrogens is 1. The Morgan fingerprint density at radius 2 is 2.20 bits per heavy atom. The van der Waals surface area contributed by atoms with E-state index in [-0.39, 0.29) is 0 Å². The summed E-state index contributed by atoms with van der Waals surface area (Å²) in [4.78, 5) is 5.49.